The molecule has 10 heteroatoms. The van der Waals surface area contributed by atoms with Gasteiger partial charge in [-0.3, -0.25) is 9.59 Å². The highest BCUT2D eigenvalue weighted by atomic mass is 32.2. The Labute approximate surface area is 223 Å². The predicted octanol–water partition coefficient (Wildman–Crippen LogP) is 5.03. The normalized spacial score (nSPS) is 10.7. The average Bonchev–Trinajstić information content (AvgIpc) is 3.34. The lowest BCUT2D eigenvalue weighted by Gasteiger charge is -2.10. The van der Waals surface area contributed by atoms with Crippen LogP contribution in [0.25, 0.3) is 10.2 Å². The molecule has 0 aliphatic carbocycles. The topological polar surface area (TPSA) is 98.8 Å². The van der Waals surface area contributed by atoms with Gasteiger partial charge in [0, 0.05) is 12.2 Å². The van der Waals surface area contributed by atoms with Crippen LogP contribution in [0.2, 0.25) is 0 Å². The number of aromatic nitrogens is 1. The Morgan fingerprint density at radius 2 is 1.70 bits per heavy atom. The number of hydrogen-bond donors (Lipinski definition) is 2. The molecule has 37 heavy (non-hydrogen) atoms. The maximum atomic E-state index is 12.7. The fourth-order valence-corrected chi connectivity index (χ4v) is 5.57. The molecule has 0 aliphatic heterocycles. The molecule has 8 nitrogen and oxygen atoms in total. The van der Waals surface area contributed by atoms with Gasteiger partial charge in [0.15, 0.2) is 15.8 Å². The molecule has 0 spiro atoms. The van der Waals surface area contributed by atoms with Crippen molar-refractivity contribution in [1.82, 2.24) is 10.3 Å². The number of ether oxygens (including phenoxy) is 3. The van der Waals surface area contributed by atoms with Gasteiger partial charge in [-0.15, -0.1) is 11.3 Å². The molecule has 0 unspecified atom stereocenters. The monoisotopic (exact) mass is 537 g/mol. The summed E-state index contributed by atoms with van der Waals surface area (Å²) in [6.45, 7) is 0.518. The molecular formula is C27H27N3O5S2. The highest BCUT2D eigenvalue weighted by molar-refractivity contribution is 8.01. The third-order valence-electron chi connectivity index (χ3n) is 5.49. The highest BCUT2D eigenvalue weighted by Gasteiger charge is 2.13. The summed E-state index contributed by atoms with van der Waals surface area (Å²) in [4.78, 5) is 29.6. The molecule has 2 amide bonds. The SMILES string of the molecule is COc1ccc(CCNC(=O)CSc2nc3ccc(NC(=O)c4ccccc4OC)cc3s2)cc1OC. The zero-order valence-corrected chi connectivity index (χ0v) is 22.3. The molecule has 4 rings (SSSR count). The predicted molar refractivity (Wildman–Crippen MR) is 148 cm³/mol. The molecule has 0 atom stereocenters. The molecule has 0 fully saturated rings. The minimum Gasteiger partial charge on any atom is -0.496 e. The molecule has 0 saturated heterocycles. The van der Waals surface area contributed by atoms with Gasteiger partial charge in [0.2, 0.25) is 5.91 Å². The third kappa shape index (κ3) is 6.72. The van der Waals surface area contributed by atoms with Crippen molar-refractivity contribution in [3.05, 3.63) is 71.8 Å². The van der Waals surface area contributed by atoms with E-state index in [1.807, 2.05) is 42.5 Å². The van der Waals surface area contributed by atoms with Crippen LogP contribution in [-0.2, 0) is 11.2 Å². The molecule has 1 aromatic heterocycles. The lowest BCUT2D eigenvalue weighted by Crippen LogP contribution is -2.27. The number of hydrogen-bond acceptors (Lipinski definition) is 8. The fraction of sp³-hybridized carbons (Fsp3) is 0.222. The molecule has 1 heterocycles. The summed E-state index contributed by atoms with van der Waals surface area (Å²) < 4.78 is 17.6. The van der Waals surface area contributed by atoms with Gasteiger partial charge in [-0.25, -0.2) is 4.98 Å². The van der Waals surface area contributed by atoms with Gasteiger partial charge in [0.05, 0.1) is 42.9 Å². The molecule has 192 valence electrons. The summed E-state index contributed by atoms with van der Waals surface area (Å²) in [5.41, 5.74) is 2.99. The standard InChI is InChI=1S/C27H27N3O5S2/c1-33-21-7-5-4-6-19(21)26(32)29-18-9-10-20-24(15-18)37-27(30-20)36-16-25(31)28-13-12-17-8-11-22(34-2)23(14-17)35-3/h4-11,14-15H,12-13,16H2,1-3H3,(H,28,31)(H,29,32). The largest absolute Gasteiger partial charge is 0.496 e. The minimum absolute atomic E-state index is 0.0607. The van der Waals surface area contributed by atoms with E-state index >= 15 is 0 Å². The van der Waals surface area contributed by atoms with Crippen molar-refractivity contribution in [1.29, 1.82) is 0 Å². The van der Waals surface area contributed by atoms with Gasteiger partial charge < -0.3 is 24.8 Å². The molecule has 0 bridgehead atoms. The molecule has 0 saturated carbocycles. The molecule has 2 N–H and O–H groups in total. The Hall–Kier alpha value is -3.76. The van der Waals surface area contributed by atoms with Crippen LogP contribution in [0.3, 0.4) is 0 Å². The molecule has 3 aromatic carbocycles. The first kappa shape index (κ1) is 26.3. The van der Waals surface area contributed by atoms with E-state index in [9.17, 15) is 9.59 Å². The number of rotatable bonds is 11. The number of nitrogens with one attached hydrogen (secondary N) is 2. The van der Waals surface area contributed by atoms with E-state index < -0.39 is 0 Å². The zero-order valence-electron chi connectivity index (χ0n) is 20.7. The van der Waals surface area contributed by atoms with Crippen molar-refractivity contribution < 1.29 is 23.8 Å². The first-order chi connectivity index (χ1) is 18.0. The summed E-state index contributed by atoms with van der Waals surface area (Å²) in [5, 5.41) is 5.85. The van der Waals surface area contributed by atoms with Crippen molar-refractivity contribution in [3.8, 4) is 17.2 Å². The van der Waals surface area contributed by atoms with Crippen LogP contribution < -0.4 is 24.8 Å². The molecule has 4 aromatic rings. The first-order valence-corrected chi connectivity index (χ1v) is 13.3. The van der Waals surface area contributed by atoms with Crippen LogP contribution >= 0.6 is 23.1 Å². The average molecular weight is 538 g/mol. The van der Waals surface area contributed by atoms with Crippen molar-refractivity contribution in [2.45, 2.75) is 10.8 Å². The molecule has 0 radical (unpaired) electrons. The van der Waals surface area contributed by atoms with Crippen molar-refractivity contribution >= 4 is 50.8 Å². The minimum atomic E-state index is -0.249. The van der Waals surface area contributed by atoms with E-state index in [2.05, 4.69) is 15.6 Å². The van der Waals surface area contributed by atoms with Crippen molar-refractivity contribution in [2.75, 3.05) is 38.9 Å². The van der Waals surface area contributed by atoms with Crippen molar-refractivity contribution in [3.63, 3.8) is 0 Å². The summed E-state index contributed by atoms with van der Waals surface area (Å²) in [5.74, 6) is 1.81. The quantitative estimate of drug-likeness (QED) is 0.259. The number of carbonyl (C=O) groups excluding carboxylic acids is 2. The first-order valence-electron chi connectivity index (χ1n) is 11.5. The van der Waals surface area contributed by atoms with Crippen LogP contribution in [0.5, 0.6) is 17.2 Å². The number of benzene rings is 3. The van der Waals surface area contributed by atoms with Gasteiger partial charge in [0.25, 0.3) is 5.91 Å². The van der Waals surface area contributed by atoms with E-state index in [4.69, 9.17) is 14.2 Å². The van der Waals surface area contributed by atoms with Gasteiger partial charge in [0.1, 0.15) is 5.75 Å². The van der Waals surface area contributed by atoms with Gasteiger partial charge in [-0.2, -0.15) is 0 Å². The summed E-state index contributed by atoms with van der Waals surface area (Å²) in [7, 11) is 4.73. The van der Waals surface area contributed by atoms with Crippen LogP contribution in [0.15, 0.2) is 65.0 Å². The second-order valence-corrected chi connectivity index (χ2v) is 10.1. The van der Waals surface area contributed by atoms with Crippen LogP contribution in [0.4, 0.5) is 5.69 Å². The Kier molecular flexibility index (Phi) is 8.86. The molecular weight excluding hydrogens is 510 g/mol. The summed E-state index contributed by atoms with van der Waals surface area (Å²) in [6, 6.07) is 18.3. The lowest BCUT2D eigenvalue weighted by molar-refractivity contribution is -0.118. The zero-order chi connectivity index (χ0) is 26.2. The number of methoxy groups -OCH3 is 3. The number of nitrogens with zero attached hydrogens (tertiary/aromatic N) is 1. The summed E-state index contributed by atoms with van der Waals surface area (Å²) >= 11 is 2.87. The molecule has 0 aliphatic rings. The fourth-order valence-electron chi connectivity index (χ4n) is 3.63. The van der Waals surface area contributed by atoms with E-state index in [1.165, 1.54) is 30.2 Å². The van der Waals surface area contributed by atoms with E-state index in [0.29, 0.717) is 41.5 Å². The smallest absolute Gasteiger partial charge is 0.259 e. The third-order valence-corrected chi connectivity index (χ3v) is 7.65. The Bertz CT molecular complexity index is 1410. The second-order valence-electron chi connectivity index (χ2n) is 7.89. The number of thiazole rings is 1. The van der Waals surface area contributed by atoms with Gasteiger partial charge >= 0.3 is 0 Å². The van der Waals surface area contributed by atoms with Crippen LogP contribution in [-0.4, -0.2) is 50.4 Å². The van der Waals surface area contributed by atoms with Crippen LogP contribution in [0.1, 0.15) is 15.9 Å². The Morgan fingerprint density at radius 3 is 2.49 bits per heavy atom. The van der Waals surface area contributed by atoms with E-state index in [1.54, 1.807) is 32.4 Å². The van der Waals surface area contributed by atoms with E-state index in [-0.39, 0.29) is 17.6 Å². The number of amides is 2. The number of fused-ring (bicyclic) bond motifs is 1. The number of anilines is 1. The number of carbonyl (C=O) groups is 2. The number of para-hydroxylation sites is 1. The van der Waals surface area contributed by atoms with Crippen LogP contribution in [0, 0.1) is 0 Å². The Morgan fingerprint density at radius 1 is 0.919 bits per heavy atom. The summed E-state index contributed by atoms with van der Waals surface area (Å²) in [6.07, 6.45) is 0.682. The van der Waals surface area contributed by atoms with E-state index in [0.717, 1.165) is 20.1 Å². The van der Waals surface area contributed by atoms with Gasteiger partial charge in [-0.1, -0.05) is 30.0 Å². The van der Waals surface area contributed by atoms with Crippen molar-refractivity contribution in [2.24, 2.45) is 0 Å². The number of thioether (sulfide) groups is 1. The maximum Gasteiger partial charge on any atom is 0.259 e. The lowest BCUT2D eigenvalue weighted by atomic mass is 10.1. The van der Waals surface area contributed by atoms with Gasteiger partial charge in [-0.05, 0) is 54.4 Å². The second kappa shape index (κ2) is 12.5. The maximum absolute atomic E-state index is 12.7. The Balaban J connectivity index is 1.29. The highest BCUT2D eigenvalue weighted by Crippen LogP contribution is 2.32.